The van der Waals surface area contributed by atoms with Gasteiger partial charge in [0.2, 0.25) is 5.95 Å². The van der Waals surface area contributed by atoms with Crippen molar-refractivity contribution in [1.29, 1.82) is 0 Å². The zero-order valence-corrected chi connectivity index (χ0v) is 17.2. The molecule has 1 aliphatic carbocycles. The van der Waals surface area contributed by atoms with Crippen molar-refractivity contribution in [3.05, 3.63) is 11.8 Å². The van der Waals surface area contributed by atoms with Gasteiger partial charge in [-0.2, -0.15) is 4.98 Å². The van der Waals surface area contributed by atoms with Gasteiger partial charge in [0.15, 0.2) is 0 Å². The molecule has 2 N–H and O–H groups in total. The second-order valence-electron chi connectivity index (χ2n) is 8.05. The van der Waals surface area contributed by atoms with Crippen LogP contribution in [0.4, 0.5) is 11.8 Å². The van der Waals surface area contributed by atoms with E-state index in [-0.39, 0.29) is 12.2 Å². The summed E-state index contributed by atoms with van der Waals surface area (Å²) < 4.78 is 22.3. The molecule has 0 aromatic carbocycles. The molecule has 3 fully saturated rings. The Morgan fingerprint density at radius 1 is 0.862 bits per heavy atom. The highest BCUT2D eigenvalue weighted by atomic mass is 16.5. The van der Waals surface area contributed by atoms with E-state index < -0.39 is 0 Å². The van der Waals surface area contributed by atoms with Crippen molar-refractivity contribution in [2.24, 2.45) is 0 Å². The number of nitrogens with zero attached hydrogens (tertiary/aromatic N) is 2. The average molecular weight is 407 g/mol. The maximum atomic E-state index is 5.82. The topological polar surface area (TPSA) is 86.8 Å². The van der Waals surface area contributed by atoms with Crippen LogP contribution < -0.4 is 10.6 Å². The van der Waals surface area contributed by atoms with Crippen molar-refractivity contribution in [2.45, 2.75) is 56.7 Å². The molecule has 2 saturated heterocycles. The molecule has 0 bridgehead atoms. The molecule has 3 aliphatic rings. The van der Waals surface area contributed by atoms with Crippen LogP contribution in [-0.4, -0.2) is 74.9 Å². The third-order valence-electron chi connectivity index (χ3n) is 5.46. The van der Waals surface area contributed by atoms with Crippen molar-refractivity contribution in [3.8, 4) is 0 Å². The van der Waals surface area contributed by atoms with Crippen LogP contribution in [0.3, 0.4) is 0 Å². The van der Waals surface area contributed by atoms with Crippen LogP contribution in [0.2, 0.25) is 0 Å². The van der Waals surface area contributed by atoms with Gasteiger partial charge in [-0.3, -0.25) is 0 Å². The number of aromatic nitrogens is 2. The first-order valence-corrected chi connectivity index (χ1v) is 11.1. The minimum absolute atomic E-state index is 0.269. The number of hydrogen-bond donors (Lipinski definition) is 2. The summed E-state index contributed by atoms with van der Waals surface area (Å²) in [6.45, 7) is 6.24. The monoisotopic (exact) mass is 406 g/mol. The lowest BCUT2D eigenvalue weighted by molar-refractivity contribution is 0.0427. The smallest absolute Gasteiger partial charge is 0.224 e. The molecule has 1 aromatic heterocycles. The molecule has 162 valence electrons. The van der Waals surface area contributed by atoms with Crippen LogP contribution in [0.25, 0.3) is 0 Å². The fourth-order valence-electron chi connectivity index (χ4n) is 3.57. The van der Waals surface area contributed by atoms with Gasteiger partial charge in [-0.25, -0.2) is 4.98 Å². The Morgan fingerprint density at radius 2 is 1.52 bits per heavy atom. The third-order valence-corrected chi connectivity index (χ3v) is 5.46. The molecule has 29 heavy (non-hydrogen) atoms. The van der Waals surface area contributed by atoms with Crippen LogP contribution >= 0.6 is 0 Å². The van der Waals surface area contributed by atoms with Crippen LogP contribution in [0.15, 0.2) is 6.07 Å². The van der Waals surface area contributed by atoms with Gasteiger partial charge in [-0.1, -0.05) is 0 Å². The van der Waals surface area contributed by atoms with Gasteiger partial charge in [-0.05, 0) is 38.5 Å². The van der Waals surface area contributed by atoms with Crippen molar-refractivity contribution >= 4 is 11.8 Å². The lowest BCUT2D eigenvalue weighted by Crippen LogP contribution is -2.16. The Hall–Kier alpha value is -1.48. The van der Waals surface area contributed by atoms with Gasteiger partial charge in [0.05, 0.1) is 31.1 Å². The minimum atomic E-state index is 0.269. The molecule has 0 radical (unpaired) electrons. The zero-order chi connectivity index (χ0) is 19.7. The molecule has 0 spiro atoms. The van der Waals surface area contributed by atoms with Gasteiger partial charge in [-0.15, -0.1) is 0 Å². The maximum absolute atomic E-state index is 5.82. The van der Waals surface area contributed by atoms with Gasteiger partial charge >= 0.3 is 0 Å². The molecule has 1 aromatic rings. The summed E-state index contributed by atoms with van der Waals surface area (Å²) in [4.78, 5) is 9.34. The quantitative estimate of drug-likeness (QED) is 0.484. The summed E-state index contributed by atoms with van der Waals surface area (Å²) in [6, 6.07) is 2.09. The van der Waals surface area contributed by atoms with Gasteiger partial charge in [0.1, 0.15) is 5.82 Å². The van der Waals surface area contributed by atoms with Crippen LogP contribution in [-0.2, 0) is 18.9 Å². The predicted octanol–water partition coefficient (Wildman–Crippen LogP) is 2.57. The van der Waals surface area contributed by atoms with E-state index in [1.165, 1.54) is 12.8 Å². The minimum Gasteiger partial charge on any atom is -0.379 e. The van der Waals surface area contributed by atoms with E-state index in [4.69, 9.17) is 23.9 Å². The molecular formula is C21H34N4O4. The highest BCUT2D eigenvalue weighted by Gasteiger charge is 2.26. The Labute approximate surface area is 173 Å². The number of anilines is 2. The molecule has 8 nitrogen and oxygen atoms in total. The van der Waals surface area contributed by atoms with Crippen LogP contribution in [0.1, 0.15) is 50.1 Å². The summed E-state index contributed by atoms with van der Waals surface area (Å²) >= 11 is 0. The summed E-state index contributed by atoms with van der Waals surface area (Å²) in [5.74, 6) is 2.20. The number of rotatable bonds is 13. The van der Waals surface area contributed by atoms with Crippen molar-refractivity contribution in [1.82, 2.24) is 9.97 Å². The molecule has 2 atom stereocenters. The summed E-state index contributed by atoms with van der Waals surface area (Å²) in [5, 5.41) is 6.79. The summed E-state index contributed by atoms with van der Waals surface area (Å²) in [7, 11) is 0. The van der Waals surface area contributed by atoms with Crippen LogP contribution in [0.5, 0.6) is 0 Å². The van der Waals surface area contributed by atoms with Crippen LogP contribution in [0, 0.1) is 0 Å². The fourth-order valence-corrected chi connectivity index (χ4v) is 3.57. The fraction of sp³-hybridized carbons (Fsp3) is 0.810. The second kappa shape index (κ2) is 11.1. The standard InChI is InChI=1S/C21H34N4O4/c1(9-28-17-5-11-26-14-17)7-22-20-13-19(16-3-4-16)24-21(25-20)23-8-2-10-29-18-6-12-27-15-18/h13,16-18H,1-12,14-15H2,(H2,22,23,24,25)/t17-,18-/m1/s1. The maximum Gasteiger partial charge on any atom is 0.224 e. The molecule has 0 amide bonds. The van der Waals surface area contributed by atoms with E-state index in [1.807, 2.05) is 0 Å². The van der Waals surface area contributed by atoms with E-state index in [0.29, 0.717) is 11.9 Å². The molecular weight excluding hydrogens is 372 g/mol. The molecule has 4 rings (SSSR count). The second-order valence-corrected chi connectivity index (χ2v) is 8.05. The Kier molecular flexibility index (Phi) is 7.92. The van der Waals surface area contributed by atoms with Crippen molar-refractivity contribution in [3.63, 3.8) is 0 Å². The largest absolute Gasteiger partial charge is 0.379 e. The Balaban J connectivity index is 1.17. The van der Waals surface area contributed by atoms with E-state index in [2.05, 4.69) is 21.7 Å². The average Bonchev–Trinajstić information content (AvgIpc) is 3.21. The Morgan fingerprint density at radius 3 is 2.10 bits per heavy atom. The summed E-state index contributed by atoms with van der Waals surface area (Å²) in [6.07, 6.45) is 6.90. The lowest BCUT2D eigenvalue weighted by Gasteiger charge is -2.13. The SMILES string of the molecule is c1c(NCCCO[C@@H]2CCOC2)nc(NCCCO[C@@H]2CCOC2)nc1C1CC1. The highest BCUT2D eigenvalue weighted by Crippen LogP contribution is 2.39. The molecule has 0 unspecified atom stereocenters. The van der Waals surface area contributed by atoms with Gasteiger partial charge in [0, 0.05) is 51.5 Å². The van der Waals surface area contributed by atoms with E-state index in [9.17, 15) is 0 Å². The first-order chi connectivity index (χ1) is 14.4. The highest BCUT2D eigenvalue weighted by molar-refractivity contribution is 5.44. The van der Waals surface area contributed by atoms with E-state index in [0.717, 1.165) is 89.9 Å². The molecule has 2 aliphatic heterocycles. The first kappa shape index (κ1) is 20.8. The zero-order valence-electron chi connectivity index (χ0n) is 17.2. The lowest BCUT2D eigenvalue weighted by atomic mass is 10.2. The van der Waals surface area contributed by atoms with Crippen molar-refractivity contribution in [2.75, 3.05) is 63.4 Å². The van der Waals surface area contributed by atoms with E-state index in [1.54, 1.807) is 0 Å². The number of nitrogens with one attached hydrogen (secondary N) is 2. The molecule has 1 saturated carbocycles. The molecule has 8 heteroatoms. The van der Waals surface area contributed by atoms with Crippen molar-refractivity contribution < 1.29 is 18.9 Å². The Bertz CT molecular complexity index is 572. The number of hydrogen-bond acceptors (Lipinski definition) is 8. The third kappa shape index (κ3) is 7.06. The predicted molar refractivity (Wildman–Crippen MR) is 111 cm³/mol. The van der Waals surface area contributed by atoms with E-state index >= 15 is 0 Å². The number of ether oxygens (including phenoxy) is 4. The normalized spacial score (nSPS) is 24.1. The van der Waals surface area contributed by atoms with Gasteiger partial charge in [0.25, 0.3) is 0 Å². The first-order valence-electron chi connectivity index (χ1n) is 11.1. The molecule has 3 heterocycles. The summed E-state index contributed by atoms with van der Waals surface area (Å²) in [5.41, 5.74) is 1.14. The van der Waals surface area contributed by atoms with Gasteiger partial charge < -0.3 is 29.6 Å².